The molecule has 0 bridgehead atoms. The normalized spacial score (nSPS) is 13.7. The molecular weight excluding hydrogens is 588 g/mol. The van der Waals surface area contributed by atoms with E-state index in [4.69, 9.17) is 0 Å². The molecular formula is C42H64GaN. The standard InChI is InChI=1S/2C18H29.C6H6N.Ga/c2*1-16(2,3)13-10-14(17(4,5)6)12-15(11-13)18(7,8)9;7-6-4-2-1-3-5-6;/h2*10-11H,1-9H3;1-5,7H;/q;;-1;+1. The Morgan fingerprint density at radius 3 is 0.886 bits per heavy atom. The van der Waals surface area contributed by atoms with Gasteiger partial charge in [0, 0.05) is 0 Å². The Kier molecular flexibility index (Phi) is 10.0. The first kappa shape index (κ1) is 36.6. The zero-order chi connectivity index (χ0) is 33.8. The molecule has 3 aromatic rings. The summed E-state index contributed by atoms with van der Waals surface area (Å²) in [6, 6.07) is 21.3. The molecule has 0 saturated carbocycles. The first-order valence-corrected chi connectivity index (χ1v) is 20.5. The summed E-state index contributed by atoms with van der Waals surface area (Å²) in [6.07, 6.45) is 0. The van der Waals surface area contributed by atoms with E-state index in [2.05, 4.69) is 183 Å². The van der Waals surface area contributed by atoms with Gasteiger partial charge >= 0.3 is 280 Å². The van der Waals surface area contributed by atoms with Gasteiger partial charge in [0.25, 0.3) is 0 Å². The van der Waals surface area contributed by atoms with Crippen LogP contribution < -0.4 is 12.3 Å². The van der Waals surface area contributed by atoms with Crippen molar-refractivity contribution in [2.75, 3.05) is 4.02 Å². The monoisotopic (exact) mass is 651 g/mol. The van der Waals surface area contributed by atoms with E-state index in [9.17, 15) is 0 Å². The van der Waals surface area contributed by atoms with Gasteiger partial charge in [0.2, 0.25) is 0 Å². The first-order chi connectivity index (χ1) is 19.6. The summed E-state index contributed by atoms with van der Waals surface area (Å²) in [4.78, 5) is 0. The minimum absolute atomic E-state index is 0.00635. The van der Waals surface area contributed by atoms with Crippen LogP contribution in [0, 0.1) is 0 Å². The molecule has 0 spiro atoms. The molecule has 3 aromatic carbocycles. The van der Waals surface area contributed by atoms with Crippen LogP contribution in [0.25, 0.3) is 0 Å². The number of anilines is 1. The van der Waals surface area contributed by atoms with Crippen LogP contribution in [0.1, 0.15) is 158 Å². The summed E-state index contributed by atoms with van der Waals surface area (Å²) in [7, 11) is 0. The molecule has 240 valence electrons. The van der Waals surface area contributed by atoms with Crippen LogP contribution in [-0.2, 0) is 32.5 Å². The summed E-state index contributed by atoms with van der Waals surface area (Å²) < 4.78 is 7.60. The van der Waals surface area contributed by atoms with E-state index < -0.39 is 16.5 Å². The molecule has 2 heteroatoms. The Hall–Kier alpha value is -1.90. The zero-order valence-corrected chi connectivity index (χ0v) is 34.2. The van der Waals surface area contributed by atoms with E-state index >= 15 is 0 Å². The average Bonchev–Trinajstić information content (AvgIpc) is 2.83. The van der Waals surface area contributed by atoms with Crippen molar-refractivity contribution in [2.45, 2.75) is 157 Å². The molecule has 1 N–H and O–H groups in total. The van der Waals surface area contributed by atoms with Gasteiger partial charge in [0.1, 0.15) is 0 Å². The van der Waals surface area contributed by atoms with Gasteiger partial charge in [-0.2, -0.15) is 0 Å². The SMILES string of the molecule is CC(C)(C)c1cc(C(C)(C)C)[c]([Ga]([NH]c2ccccc2)[c]2c(C(C)(C)C)cc(C(C)(C)C)cc2C(C)(C)C)c(C(C)(C)C)c1. The van der Waals surface area contributed by atoms with E-state index in [1.807, 2.05) is 0 Å². The molecule has 0 aliphatic rings. The van der Waals surface area contributed by atoms with Gasteiger partial charge in [-0.1, -0.05) is 0 Å². The van der Waals surface area contributed by atoms with E-state index in [-0.39, 0.29) is 32.5 Å². The molecule has 0 aromatic heterocycles. The molecule has 0 unspecified atom stereocenters. The number of para-hydroxylation sites is 1. The maximum atomic E-state index is 4.37. The number of rotatable bonds is 4. The fraction of sp³-hybridized carbons (Fsp3) is 0.571. The van der Waals surface area contributed by atoms with Crippen LogP contribution in [0.3, 0.4) is 0 Å². The van der Waals surface area contributed by atoms with Gasteiger partial charge < -0.3 is 0 Å². The van der Waals surface area contributed by atoms with Gasteiger partial charge in [0.05, 0.1) is 0 Å². The molecule has 0 fully saturated rings. The third kappa shape index (κ3) is 8.27. The molecule has 0 heterocycles. The maximum absolute atomic E-state index is 4.37. The summed E-state index contributed by atoms with van der Waals surface area (Å²) in [5.41, 5.74) is 10.3. The first-order valence-electron chi connectivity index (χ1n) is 16.8. The second kappa shape index (κ2) is 12.0. The molecule has 0 radical (unpaired) electrons. The zero-order valence-electron chi connectivity index (χ0n) is 31.8. The van der Waals surface area contributed by atoms with Crippen molar-refractivity contribution in [3.8, 4) is 0 Å². The Bertz CT molecular complexity index is 1290. The second-order valence-corrected chi connectivity index (χ2v) is 24.3. The quantitative estimate of drug-likeness (QED) is 0.277. The molecule has 0 aliphatic heterocycles. The predicted octanol–water partition coefficient (Wildman–Crippen LogP) is 10.7. The van der Waals surface area contributed by atoms with E-state index in [1.54, 1.807) is 8.24 Å². The van der Waals surface area contributed by atoms with Gasteiger partial charge in [0.15, 0.2) is 0 Å². The Labute approximate surface area is 278 Å². The Morgan fingerprint density at radius 2 is 0.659 bits per heavy atom. The predicted molar refractivity (Wildman–Crippen MR) is 200 cm³/mol. The number of nitrogens with one attached hydrogen (secondary N) is 1. The van der Waals surface area contributed by atoms with Crippen LogP contribution in [0.5, 0.6) is 0 Å². The summed E-state index contributed by atoms with van der Waals surface area (Å²) in [5, 5.41) is 0. The number of hydrogen-bond acceptors (Lipinski definition) is 1. The molecule has 0 aliphatic carbocycles. The van der Waals surface area contributed by atoms with Gasteiger partial charge in [-0.3, -0.25) is 0 Å². The summed E-state index contributed by atoms with van der Waals surface area (Å²) in [6.45, 7) is 43.2. The summed E-state index contributed by atoms with van der Waals surface area (Å²) in [5.74, 6) is 0. The molecule has 0 atom stereocenters. The van der Waals surface area contributed by atoms with Crippen molar-refractivity contribution in [3.05, 3.63) is 88.0 Å². The molecule has 44 heavy (non-hydrogen) atoms. The fourth-order valence-electron chi connectivity index (χ4n) is 6.27. The fourth-order valence-corrected chi connectivity index (χ4v) is 15.5. The van der Waals surface area contributed by atoms with Crippen molar-refractivity contribution in [1.29, 1.82) is 0 Å². The van der Waals surface area contributed by atoms with Crippen LogP contribution >= 0.6 is 0 Å². The van der Waals surface area contributed by atoms with Crippen LogP contribution in [-0.4, -0.2) is 16.5 Å². The topological polar surface area (TPSA) is 12.0 Å². The third-order valence-corrected chi connectivity index (χ3v) is 15.3. The van der Waals surface area contributed by atoms with Crippen molar-refractivity contribution < 1.29 is 0 Å². The van der Waals surface area contributed by atoms with Crippen LogP contribution in [0.2, 0.25) is 0 Å². The van der Waals surface area contributed by atoms with Crippen LogP contribution in [0.15, 0.2) is 54.6 Å². The van der Waals surface area contributed by atoms with Crippen molar-refractivity contribution in [2.24, 2.45) is 0 Å². The number of benzene rings is 3. The molecule has 3 rings (SSSR count). The van der Waals surface area contributed by atoms with Crippen molar-refractivity contribution in [3.63, 3.8) is 0 Å². The molecule has 0 saturated heterocycles. The van der Waals surface area contributed by atoms with Gasteiger partial charge in [-0.25, -0.2) is 0 Å². The number of hydrogen-bond donors (Lipinski definition) is 1. The van der Waals surface area contributed by atoms with Crippen molar-refractivity contribution in [1.82, 2.24) is 0 Å². The second-order valence-electron chi connectivity index (χ2n) is 19.4. The average molecular weight is 653 g/mol. The van der Waals surface area contributed by atoms with Gasteiger partial charge in [-0.05, 0) is 0 Å². The van der Waals surface area contributed by atoms with Crippen LogP contribution in [0.4, 0.5) is 5.69 Å². The third-order valence-electron chi connectivity index (χ3n) is 8.99. The molecule has 0 amide bonds. The van der Waals surface area contributed by atoms with E-state index in [1.165, 1.54) is 39.1 Å². The van der Waals surface area contributed by atoms with Gasteiger partial charge in [-0.15, -0.1) is 0 Å². The Morgan fingerprint density at radius 1 is 0.386 bits per heavy atom. The van der Waals surface area contributed by atoms with Crippen molar-refractivity contribution >= 4 is 30.4 Å². The summed E-state index contributed by atoms with van der Waals surface area (Å²) >= 11 is -2.87. The minimum atomic E-state index is -2.87. The Balaban J connectivity index is 2.72. The van der Waals surface area contributed by atoms with E-state index in [0.29, 0.717) is 0 Å². The molecule has 1 nitrogen and oxygen atoms in total. The van der Waals surface area contributed by atoms with E-state index in [0.717, 1.165) is 0 Å².